The zero-order valence-corrected chi connectivity index (χ0v) is 13.8. The van der Waals surface area contributed by atoms with Crippen LogP contribution in [0, 0.1) is 12.8 Å². The highest BCUT2D eigenvalue weighted by Crippen LogP contribution is 2.30. The standard InChI is InChI=1S/C17H23F3N2O/c1-4-22(16(23)17(18,19)20)14-5-6-15(13(3)11-14)21-9-7-12(2)8-10-21/h5-6,11-12H,4,7-10H2,1-3H3. The van der Waals surface area contributed by atoms with Gasteiger partial charge in [-0.3, -0.25) is 4.79 Å². The summed E-state index contributed by atoms with van der Waals surface area (Å²) in [6.45, 7) is 7.55. The van der Waals surface area contributed by atoms with Gasteiger partial charge in [-0.25, -0.2) is 0 Å². The first-order valence-corrected chi connectivity index (χ1v) is 7.98. The molecule has 23 heavy (non-hydrogen) atoms. The number of carbonyl (C=O) groups is 1. The SMILES string of the molecule is CCN(C(=O)C(F)(F)F)c1ccc(N2CCC(C)CC2)c(C)c1. The number of amides is 1. The highest BCUT2D eigenvalue weighted by molar-refractivity contribution is 5.97. The molecule has 0 N–H and O–H groups in total. The minimum Gasteiger partial charge on any atom is -0.371 e. The summed E-state index contributed by atoms with van der Waals surface area (Å²) in [6.07, 6.45) is -2.62. The molecule has 1 aliphatic rings. The molecule has 0 spiro atoms. The largest absolute Gasteiger partial charge is 0.471 e. The Hall–Kier alpha value is -1.72. The Morgan fingerprint density at radius 1 is 1.30 bits per heavy atom. The molecule has 0 saturated carbocycles. The molecule has 1 aliphatic heterocycles. The van der Waals surface area contributed by atoms with E-state index in [0.29, 0.717) is 11.6 Å². The molecule has 1 amide bonds. The first-order chi connectivity index (χ1) is 10.7. The van der Waals surface area contributed by atoms with Gasteiger partial charge in [0.15, 0.2) is 0 Å². The van der Waals surface area contributed by atoms with E-state index < -0.39 is 12.1 Å². The van der Waals surface area contributed by atoms with Gasteiger partial charge in [-0.2, -0.15) is 13.2 Å². The summed E-state index contributed by atoms with van der Waals surface area (Å²) in [7, 11) is 0. The Morgan fingerprint density at radius 3 is 2.39 bits per heavy atom. The smallest absolute Gasteiger partial charge is 0.371 e. The summed E-state index contributed by atoms with van der Waals surface area (Å²) >= 11 is 0. The predicted molar refractivity (Wildman–Crippen MR) is 85.9 cm³/mol. The number of hydrogen-bond donors (Lipinski definition) is 0. The van der Waals surface area contributed by atoms with E-state index in [4.69, 9.17) is 0 Å². The Kier molecular flexibility index (Phi) is 5.22. The topological polar surface area (TPSA) is 23.6 Å². The molecule has 0 aliphatic carbocycles. The van der Waals surface area contributed by atoms with E-state index >= 15 is 0 Å². The van der Waals surface area contributed by atoms with Gasteiger partial charge in [-0.15, -0.1) is 0 Å². The molecule has 1 aromatic rings. The van der Waals surface area contributed by atoms with E-state index in [1.165, 1.54) is 0 Å². The molecule has 1 saturated heterocycles. The van der Waals surface area contributed by atoms with Gasteiger partial charge >= 0.3 is 12.1 Å². The second-order valence-electron chi connectivity index (χ2n) is 6.19. The van der Waals surface area contributed by atoms with Crippen molar-refractivity contribution in [3.8, 4) is 0 Å². The van der Waals surface area contributed by atoms with E-state index in [1.807, 2.05) is 13.0 Å². The molecule has 1 heterocycles. The van der Waals surface area contributed by atoms with Crippen molar-refractivity contribution in [3.05, 3.63) is 23.8 Å². The molecule has 0 radical (unpaired) electrons. The number of alkyl halides is 3. The van der Waals surface area contributed by atoms with Crippen molar-refractivity contribution < 1.29 is 18.0 Å². The number of nitrogens with zero attached hydrogens (tertiary/aromatic N) is 2. The maximum absolute atomic E-state index is 12.7. The lowest BCUT2D eigenvalue weighted by Crippen LogP contribution is -2.41. The summed E-state index contributed by atoms with van der Waals surface area (Å²) < 4.78 is 38.0. The van der Waals surface area contributed by atoms with E-state index in [1.54, 1.807) is 19.1 Å². The fourth-order valence-corrected chi connectivity index (χ4v) is 3.01. The fourth-order valence-electron chi connectivity index (χ4n) is 3.01. The van der Waals surface area contributed by atoms with Crippen molar-refractivity contribution in [2.24, 2.45) is 5.92 Å². The molecule has 128 valence electrons. The van der Waals surface area contributed by atoms with Gasteiger partial charge < -0.3 is 9.80 Å². The number of carbonyl (C=O) groups excluding carboxylic acids is 1. The summed E-state index contributed by atoms with van der Waals surface area (Å²) in [5, 5.41) is 0. The summed E-state index contributed by atoms with van der Waals surface area (Å²) in [4.78, 5) is 14.6. The average molecular weight is 328 g/mol. The summed E-state index contributed by atoms with van der Waals surface area (Å²) in [6, 6.07) is 5.10. The molecule has 0 aromatic heterocycles. The molecule has 6 heteroatoms. The van der Waals surface area contributed by atoms with Gasteiger partial charge in [-0.05, 0) is 56.4 Å². The maximum Gasteiger partial charge on any atom is 0.471 e. The van der Waals surface area contributed by atoms with E-state index in [2.05, 4.69) is 11.8 Å². The quantitative estimate of drug-likeness (QED) is 0.832. The van der Waals surface area contributed by atoms with Crippen LogP contribution in [0.15, 0.2) is 18.2 Å². The number of piperidine rings is 1. The Bertz CT molecular complexity index is 563. The maximum atomic E-state index is 12.7. The van der Waals surface area contributed by atoms with Gasteiger partial charge in [0.25, 0.3) is 0 Å². The first-order valence-electron chi connectivity index (χ1n) is 7.98. The molecule has 3 nitrogen and oxygen atoms in total. The Morgan fingerprint density at radius 2 is 1.91 bits per heavy atom. The van der Waals surface area contributed by atoms with Gasteiger partial charge in [0.1, 0.15) is 0 Å². The lowest BCUT2D eigenvalue weighted by Gasteiger charge is -2.33. The molecular weight excluding hydrogens is 305 g/mol. The van der Waals surface area contributed by atoms with Gasteiger partial charge in [0.05, 0.1) is 0 Å². The van der Waals surface area contributed by atoms with Crippen LogP contribution in [0.4, 0.5) is 24.5 Å². The first kappa shape index (κ1) is 17.6. The third-order valence-electron chi connectivity index (χ3n) is 4.42. The highest BCUT2D eigenvalue weighted by Gasteiger charge is 2.42. The molecule has 1 aromatic carbocycles. The Balaban J connectivity index is 2.22. The zero-order chi connectivity index (χ0) is 17.2. The van der Waals surface area contributed by atoms with Crippen LogP contribution in [-0.4, -0.2) is 31.7 Å². The molecule has 2 rings (SSSR count). The third kappa shape index (κ3) is 3.98. The summed E-state index contributed by atoms with van der Waals surface area (Å²) in [5.41, 5.74) is 2.23. The molecule has 0 unspecified atom stereocenters. The van der Waals surface area contributed by atoms with Crippen molar-refractivity contribution in [2.75, 3.05) is 29.4 Å². The monoisotopic (exact) mass is 328 g/mol. The number of rotatable bonds is 3. The molecule has 0 atom stereocenters. The fraction of sp³-hybridized carbons (Fsp3) is 0.588. The lowest BCUT2D eigenvalue weighted by molar-refractivity contribution is -0.170. The number of benzene rings is 1. The van der Waals surface area contributed by atoms with Crippen molar-refractivity contribution in [1.29, 1.82) is 0 Å². The molecular formula is C17H23F3N2O. The van der Waals surface area contributed by atoms with Crippen LogP contribution >= 0.6 is 0 Å². The van der Waals surface area contributed by atoms with Crippen molar-refractivity contribution in [3.63, 3.8) is 0 Å². The second-order valence-corrected chi connectivity index (χ2v) is 6.19. The lowest BCUT2D eigenvalue weighted by atomic mass is 9.98. The van der Waals surface area contributed by atoms with Crippen LogP contribution in [0.5, 0.6) is 0 Å². The minimum absolute atomic E-state index is 0.0155. The van der Waals surface area contributed by atoms with E-state index in [9.17, 15) is 18.0 Å². The predicted octanol–water partition coefficient (Wildman–Crippen LogP) is 4.15. The minimum atomic E-state index is -4.86. The van der Waals surface area contributed by atoms with Crippen molar-refractivity contribution in [2.45, 2.75) is 39.8 Å². The number of halogens is 3. The summed E-state index contributed by atoms with van der Waals surface area (Å²) in [5.74, 6) is -1.11. The zero-order valence-electron chi connectivity index (χ0n) is 13.8. The average Bonchev–Trinajstić information content (AvgIpc) is 2.48. The molecule has 1 fully saturated rings. The second kappa shape index (κ2) is 6.81. The van der Waals surface area contributed by atoms with Crippen LogP contribution in [0.3, 0.4) is 0 Å². The van der Waals surface area contributed by atoms with E-state index in [-0.39, 0.29) is 6.54 Å². The van der Waals surface area contributed by atoms with Gasteiger partial charge in [-0.1, -0.05) is 6.92 Å². The van der Waals surface area contributed by atoms with Crippen molar-refractivity contribution in [1.82, 2.24) is 0 Å². The van der Waals surface area contributed by atoms with Crippen LogP contribution in [0.25, 0.3) is 0 Å². The Labute approximate surface area is 135 Å². The van der Waals surface area contributed by atoms with Gasteiger partial charge in [0, 0.05) is 31.0 Å². The number of hydrogen-bond acceptors (Lipinski definition) is 2. The third-order valence-corrected chi connectivity index (χ3v) is 4.42. The van der Waals surface area contributed by atoms with E-state index in [0.717, 1.165) is 42.1 Å². The van der Waals surface area contributed by atoms with Crippen LogP contribution in [-0.2, 0) is 4.79 Å². The number of anilines is 2. The highest BCUT2D eigenvalue weighted by atomic mass is 19.4. The van der Waals surface area contributed by atoms with Crippen molar-refractivity contribution >= 4 is 17.3 Å². The van der Waals surface area contributed by atoms with Crippen LogP contribution in [0.2, 0.25) is 0 Å². The van der Waals surface area contributed by atoms with Gasteiger partial charge in [0.2, 0.25) is 0 Å². The van der Waals surface area contributed by atoms with Crippen LogP contribution in [0.1, 0.15) is 32.3 Å². The normalized spacial score (nSPS) is 16.5. The molecule has 0 bridgehead atoms. The number of aryl methyl sites for hydroxylation is 1. The van der Waals surface area contributed by atoms with Crippen LogP contribution < -0.4 is 9.80 Å².